The molecule has 0 atom stereocenters. The van der Waals surface area contributed by atoms with Crippen molar-refractivity contribution in [2.24, 2.45) is 16.6 Å². The Morgan fingerprint density at radius 3 is 2.71 bits per heavy atom. The number of hydrogen-bond acceptors (Lipinski definition) is 2. The first-order chi connectivity index (χ1) is 11.0. The number of nitrogens with two attached hydrogens (primary N) is 1. The minimum Gasteiger partial charge on any atom is -0.370 e. The Kier molecular flexibility index (Phi) is 8.83. The van der Waals surface area contributed by atoms with Crippen molar-refractivity contribution in [3.63, 3.8) is 0 Å². The number of rotatable bonds is 4. The van der Waals surface area contributed by atoms with Crippen LogP contribution in [0.3, 0.4) is 0 Å². The maximum absolute atomic E-state index is 12.0. The van der Waals surface area contributed by atoms with Gasteiger partial charge in [0.05, 0.1) is 17.3 Å². The van der Waals surface area contributed by atoms with Gasteiger partial charge >= 0.3 is 0 Å². The lowest BCUT2D eigenvalue weighted by molar-refractivity contribution is -0.116. The van der Waals surface area contributed by atoms with Gasteiger partial charge in [-0.05, 0) is 43.4 Å². The lowest BCUT2D eigenvalue weighted by Gasteiger charge is -2.31. The van der Waals surface area contributed by atoms with Gasteiger partial charge in [-0.2, -0.15) is 0 Å². The molecule has 1 aromatic carbocycles. The standard InChI is InChI=1S/C17H25ClN4O.HI/c1-12-6-9-22(10-7-12)17(19)20-8-5-16(23)21-15-4-3-13(2)11-14(15)18;/h3-4,11-12H,5-10H2,1-2H3,(H2,19,20)(H,21,23);1H. The van der Waals surface area contributed by atoms with Crippen LogP contribution in [0.25, 0.3) is 0 Å². The predicted octanol–water partition coefficient (Wildman–Crippen LogP) is 3.64. The molecule has 1 heterocycles. The summed E-state index contributed by atoms with van der Waals surface area (Å²) in [6.07, 6.45) is 2.57. The zero-order valence-corrected chi connectivity index (χ0v) is 17.3. The molecule has 134 valence electrons. The Hall–Kier alpha value is -1.02. The van der Waals surface area contributed by atoms with E-state index in [0.29, 0.717) is 23.2 Å². The number of anilines is 1. The highest BCUT2D eigenvalue weighted by Crippen LogP contribution is 2.22. The second kappa shape index (κ2) is 10.1. The molecule has 0 saturated carbocycles. The van der Waals surface area contributed by atoms with Crippen LogP contribution in [0.4, 0.5) is 5.69 Å². The summed E-state index contributed by atoms with van der Waals surface area (Å²) in [5, 5.41) is 3.35. The van der Waals surface area contributed by atoms with E-state index in [4.69, 9.17) is 17.3 Å². The quantitative estimate of drug-likeness (QED) is 0.406. The normalized spacial score (nSPS) is 15.8. The second-order valence-electron chi connectivity index (χ2n) is 6.19. The van der Waals surface area contributed by atoms with Gasteiger partial charge in [-0.25, -0.2) is 0 Å². The van der Waals surface area contributed by atoms with Gasteiger partial charge in [0, 0.05) is 19.5 Å². The third-order valence-electron chi connectivity index (χ3n) is 4.12. The van der Waals surface area contributed by atoms with Crippen LogP contribution in [0, 0.1) is 12.8 Å². The van der Waals surface area contributed by atoms with Crippen LogP contribution in [-0.2, 0) is 4.79 Å². The highest BCUT2D eigenvalue weighted by atomic mass is 127. The van der Waals surface area contributed by atoms with Gasteiger partial charge in [0.25, 0.3) is 0 Å². The van der Waals surface area contributed by atoms with E-state index in [1.165, 1.54) is 0 Å². The molecule has 1 saturated heterocycles. The van der Waals surface area contributed by atoms with Crippen LogP contribution < -0.4 is 11.1 Å². The van der Waals surface area contributed by atoms with E-state index in [-0.39, 0.29) is 36.3 Å². The molecule has 1 aliphatic heterocycles. The lowest BCUT2D eigenvalue weighted by atomic mass is 10.00. The van der Waals surface area contributed by atoms with Gasteiger partial charge in [-0.1, -0.05) is 24.6 Å². The molecule has 1 amide bonds. The molecular weight excluding hydrogens is 439 g/mol. The summed E-state index contributed by atoms with van der Waals surface area (Å²) >= 11 is 6.10. The van der Waals surface area contributed by atoms with Crippen molar-refractivity contribution >= 4 is 53.1 Å². The van der Waals surface area contributed by atoms with Crippen LogP contribution in [-0.4, -0.2) is 36.4 Å². The van der Waals surface area contributed by atoms with Gasteiger partial charge in [0.2, 0.25) is 5.91 Å². The van der Waals surface area contributed by atoms with Crippen molar-refractivity contribution in [3.8, 4) is 0 Å². The SMILES string of the molecule is Cc1ccc(NC(=O)CCN=C(N)N2CCC(C)CC2)c(Cl)c1.I. The summed E-state index contributed by atoms with van der Waals surface area (Å²) in [7, 11) is 0. The first-order valence-corrected chi connectivity index (χ1v) is 8.44. The van der Waals surface area contributed by atoms with E-state index >= 15 is 0 Å². The van der Waals surface area contributed by atoms with Gasteiger partial charge < -0.3 is 16.0 Å². The number of piperidine rings is 1. The number of aliphatic imine (C=N–C) groups is 1. The molecule has 0 unspecified atom stereocenters. The second-order valence-corrected chi connectivity index (χ2v) is 6.60. The predicted molar refractivity (Wildman–Crippen MR) is 111 cm³/mol. The van der Waals surface area contributed by atoms with Gasteiger partial charge in [-0.3, -0.25) is 9.79 Å². The van der Waals surface area contributed by atoms with Gasteiger partial charge in [0.1, 0.15) is 0 Å². The van der Waals surface area contributed by atoms with Crippen molar-refractivity contribution in [2.45, 2.75) is 33.1 Å². The van der Waals surface area contributed by atoms with Crippen molar-refractivity contribution < 1.29 is 4.79 Å². The number of halogens is 2. The third kappa shape index (κ3) is 6.47. The van der Waals surface area contributed by atoms with E-state index in [9.17, 15) is 4.79 Å². The van der Waals surface area contributed by atoms with Crippen molar-refractivity contribution in [1.29, 1.82) is 0 Å². The number of carbonyl (C=O) groups is 1. The molecule has 5 nitrogen and oxygen atoms in total. The molecule has 7 heteroatoms. The van der Waals surface area contributed by atoms with Crippen molar-refractivity contribution in [3.05, 3.63) is 28.8 Å². The number of amides is 1. The fourth-order valence-electron chi connectivity index (χ4n) is 2.54. The minimum atomic E-state index is -0.112. The van der Waals surface area contributed by atoms with Gasteiger partial charge in [0.15, 0.2) is 5.96 Å². The molecule has 1 aromatic rings. The first-order valence-electron chi connectivity index (χ1n) is 8.06. The third-order valence-corrected chi connectivity index (χ3v) is 4.43. The number of hydrogen-bond donors (Lipinski definition) is 2. The summed E-state index contributed by atoms with van der Waals surface area (Å²) in [6.45, 7) is 6.48. The Labute approximate surface area is 166 Å². The first kappa shape index (κ1) is 21.0. The van der Waals surface area contributed by atoms with Crippen LogP contribution in [0.1, 0.15) is 31.7 Å². The number of likely N-dealkylation sites (tertiary alicyclic amines) is 1. The molecule has 1 fully saturated rings. The topological polar surface area (TPSA) is 70.7 Å². The van der Waals surface area contributed by atoms with E-state index < -0.39 is 0 Å². The molecular formula is C17H26ClIN4O. The van der Waals surface area contributed by atoms with Crippen molar-refractivity contribution in [1.82, 2.24) is 4.90 Å². The molecule has 2 rings (SSSR count). The van der Waals surface area contributed by atoms with E-state index in [0.717, 1.165) is 37.4 Å². The number of aryl methyl sites for hydroxylation is 1. The summed E-state index contributed by atoms with van der Waals surface area (Å²) in [6, 6.07) is 5.54. The highest BCUT2D eigenvalue weighted by Gasteiger charge is 2.16. The number of nitrogens with one attached hydrogen (secondary N) is 1. The minimum absolute atomic E-state index is 0. The van der Waals surface area contributed by atoms with Gasteiger partial charge in [-0.15, -0.1) is 24.0 Å². The molecule has 24 heavy (non-hydrogen) atoms. The molecule has 0 spiro atoms. The summed E-state index contributed by atoms with van der Waals surface area (Å²) < 4.78 is 0. The molecule has 0 aromatic heterocycles. The monoisotopic (exact) mass is 464 g/mol. The van der Waals surface area contributed by atoms with E-state index in [1.54, 1.807) is 0 Å². The molecule has 1 aliphatic rings. The highest BCUT2D eigenvalue weighted by molar-refractivity contribution is 14.0. The number of benzene rings is 1. The van der Waals surface area contributed by atoms with Crippen LogP contribution >= 0.6 is 35.6 Å². The Bertz CT molecular complexity index is 586. The average molecular weight is 465 g/mol. The smallest absolute Gasteiger partial charge is 0.226 e. The van der Waals surface area contributed by atoms with Crippen LogP contribution in [0.5, 0.6) is 0 Å². The Morgan fingerprint density at radius 2 is 2.08 bits per heavy atom. The molecule has 0 bridgehead atoms. The van der Waals surface area contributed by atoms with E-state index in [2.05, 4.69) is 22.1 Å². The zero-order chi connectivity index (χ0) is 16.8. The number of carbonyl (C=O) groups excluding carboxylic acids is 1. The molecule has 0 radical (unpaired) electrons. The van der Waals surface area contributed by atoms with Crippen LogP contribution in [0.2, 0.25) is 5.02 Å². The Balaban J connectivity index is 0.00000288. The maximum atomic E-state index is 12.0. The summed E-state index contributed by atoms with van der Waals surface area (Å²) in [4.78, 5) is 18.4. The van der Waals surface area contributed by atoms with Crippen molar-refractivity contribution in [2.75, 3.05) is 25.0 Å². The molecule has 3 N–H and O–H groups in total. The zero-order valence-electron chi connectivity index (χ0n) is 14.2. The maximum Gasteiger partial charge on any atom is 0.226 e. The summed E-state index contributed by atoms with van der Waals surface area (Å²) in [5.74, 6) is 1.18. The Morgan fingerprint density at radius 1 is 1.42 bits per heavy atom. The fourth-order valence-corrected chi connectivity index (χ4v) is 2.83. The van der Waals surface area contributed by atoms with E-state index in [1.807, 2.05) is 25.1 Å². The largest absolute Gasteiger partial charge is 0.370 e. The fraction of sp³-hybridized carbons (Fsp3) is 0.529. The number of nitrogens with zero attached hydrogens (tertiary/aromatic N) is 2. The molecule has 0 aliphatic carbocycles. The number of guanidine groups is 1. The average Bonchev–Trinajstić information content (AvgIpc) is 2.50. The van der Waals surface area contributed by atoms with Crippen LogP contribution in [0.15, 0.2) is 23.2 Å². The lowest BCUT2D eigenvalue weighted by Crippen LogP contribution is -2.42. The summed E-state index contributed by atoms with van der Waals surface area (Å²) in [5.41, 5.74) is 7.68.